The van der Waals surface area contributed by atoms with Crippen molar-refractivity contribution >= 4 is 34.8 Å². The van der Waals surface area contributed by atoms with E-state index in [2.05, 4.69) is 5.32 Å². The van der Waals surface area contributed by atoms with Gasteiger partial charge in [-0.25, -0.2) is 0 Å². The van der Waals surface area contributed by atoms with E-state index in [0.29, 0.717) is 11.6 Å². The van der Waals surface area contributed by atoms with Crippen LogP contribution in [0, 0.1) is 26.7 Å². The van der Waals surface area contributed by atoms with Gasteiger partial charge in [0.25, 0.3) is 0 Å². The van der Waals surface area contributed by atoms with Crippen LogP contribution in [0.15, 0.2) is 36.4 Å². The quantitative estimate of drug-likeness (QED) is 0.893. The number of carbonyl (C=O) groups is 2. The lowest BCUT2D eigenvalue weighted by atomic mass is 10.1. The topological polar surface area (TPSA) is 49.4 Å². The van der Waals surface area contributed by atoms with Gasteiger partial charge in [-0.2, -0.15) is 0 Å². The van der Waals surface area contributed by atoms with Crippen molar-refractivity contribution in [2.24, 2.45) is 5.92 Å². The largest absolute Gasteiger partial charge is 0.326 e. The standard InChI is InChI=1S/C20H21ClN2O2/c1-12-7-8-13(2)17(9-12)22-20(25)15-10-19(24)23(11-15)18-6-4-5-16(21)14(18)3/h4-9,15H,10-11H2,1-3H3,(H,22,25). The van der Waals surface area contributed by atoms with E-state index in [0.717, 1.165) is 28.1 Å². The maximum atomic E-state index is 12.6. The van der Waals surface area contributed by atoms with Gasteiger partial charge in [-0.05, 0) is 55.7 Å². The molecule has 0 spiro atoms. The molecule has 0 aromatic heterocycles. The van der Waals surface area contributed by atoms with Crippen molar-refractivity contribution in [2.75, 3.05) is 16.8 Å². The summed E-state index contributed by atoms with van der Waals surface area (Å²) in [6, 6.07) is 11.4. The van der Waals surface area contributed by atoms with Crippen molar-refractivity contribution < 1.29 is 9.59 Å². The van der Waals surface area contributed by atoms with E-state index < -0.39 is 0 Å². The van der Waals surface area contributed by atoms with E-state index in [9.17, 15) is 9.59 Å². The molecule has 1 atom stereocenters. The van der Waals surface area contributed by atoms with Gasteiger partial charge in [0.1, 0.15) is 0 Å². The van der Waals surface area contributed by atoms with Crippen LogP contribution < -0.4 is 10.2 Å². The Kier molecular flexibility index (Phi) is 4.82. The molecule has 4 nitrogen and oxygen atoms in total. The lowest BCUT2D eigenvalue weighted by Gasteiger charge is -2.20. The maximum absolute atomic E-state index is 12.6. The van der Waals surface area contributed by atoms with Crippen molar-refractivity contribution in [3.63, 3.8) is 0 Å². The van der Waals surface area contributed by atoms with E-state index in [4.69, 9.17) is 11.6 Å². The molecule has 1 fully saturated rings. The lowest BCUT2D eigenvalue weighted by Crippen LogP contribution is -2.28. The average molecular weight is 357 g/mol. The average Bonchev–Trinajstić information content (AvgIpc) is 2.95. The van der Waals surface area contributed by atoms with Crippen LogP contribution in [0.2, 0.25) is 5.02 Å². The van der Waals surface area contributed by atoms with Gasteiger partial charge in [-0.3, -0.25) is 9.59 Å². The zero-order chi connectivity index (χ0) is 18.1. The predicted octanol–water partition coefficient (Wildman–Crippen LogP) is 4.26. The molecular formula is C20H21ClN2O2. The van der Waals surface area contributed by atoms with E-state index in [-0.39, 0.29) is 24.2 Å². The fraction of sp³-hybridized carbons (Fsp3) is 0.300. The molecule has 1 aliphatic rings. The Labute approximate surface area is 152 Å². The molecule has 0 bridgehead atoms. The number of aryl methyl sites for hydroxylation is 2. The van der Waals surface area contributed by atoms with Crippen LogP contribution in [0.1, 0.15) is 23.1 Å². The van der Waals surface area contributed by atoms with Crippen molar-refractivity contribution in [1.29, 1.82) is 0 Å². The van der Waals surface area contributed by atoms with Crippen LogP contribution in [-0.2, 0) is 9.59 Å². The molecular weight excluding hydrogens is 336 g/mol. The van der Waals surface area contributed by atoms with Crippen LogP contribution in [0.5, 0.6) is 0 Å². The maximum Gasteiger partial charge on any atom is 0.229 e. The SMILES string of the molecule is Cc1ccc(C)c(NC(=O)C2CC(=O)N(c3cccc(Cl)c3C)C2)c1. The van der Waals surface area contributed by atoms with Crippen LogP contribution in [0.3, 0.4) is 0 Å². The van der Waals surface area contributed by atoms with Gasteiger partial charge < -0.3 is 10.2 Å². The summed E-state index contributed by atoms with van der Waals surface area (Å²) in [6.45, 7) is 6.19. The number of hydrogen-bond donors (Lipinski definition) is 1. The molecule has 25 heavy (non-hydrogen) atoms. The third kappa shape index (κ3) is 3.54. The fourth-order valence-electron chi connectivity index (χ4n) is 3.11. The number of nitrogens with one attached hydrogen (secondary N) is 1. The molecule has 3 rings (SSSR count). The van der Waals surface area contributed by atoms with Gasteiger partial charge in [0, 0.05) is 29.4 Å². The Morgan fingerprint density at radius 3 is 2.72 bits per heavy atom. The molecule has 2 amide bonds. The van der Waals surface area contributed by atoms with Gasteiger partial charge in [-0.1, -0.05) is 29.8 Å². The van der Waals surface area contributed by atoms with Crippen molar-refractivity contribution in [1.82, 2.24) is 0 Å². The van der Waals surface area contributed by atoms with Gasteiger partial charge in [-0.15, -0.1) is 0 Å². The first-order chi connectivity index (χ1) is 11.9. The van der Waals surface area contributed by atoms with Gasteiger partial charge in [0.05, 0.1) is 5.92 Å². The Morgan fingerprint density at radius 2 is 1.96 bits per heavy atom. The van der Waals surface area contributed by atoms with Gasteiger partial charge >= 0.3 is 0 Å². The number of nitrogens with zero attached hydrogens (tertiary/aromatic N) is 1. The third-order valence-corrected chi connectivity index (χ3v) is 5.09. The van der Waals surface area contributed by atoms with E-state index >= 15 is 0 Å². The van der Waals surface area contributed by atoms with Crippen molar-refractivity contribution in [3.8, 4) is 0 Å². The van der Waals surface area contributed by atoms with Crippen LogP contribution in [0.25, 0.3) is 0 Å². The Balaban J connectivity index is 1.77. The minimum absolute atomic E-state index is 0.0496. The number of amides is 2. The van der Waals surface area contributed by atoms with Crippen LogP contribution in [0.4, 0.5) is 11.4 Å². The van der Waals surface area contributed by atoms with Crippen LogP contribution in [-0.4, -0.2) is 18.4 Å². The second kappa shape index (κ2) is 6.89. The summed E-state index contributed by atoms with van der Waals surface area (Å²) in [5, 5.41) is 3.59. The zero-order valence-corrected chi connectivity index (χ0v) is 15.4. The van der Waals surface area contributed by atoms with E-state index in [1.807, 2.05) is 51.1 Å². The number of benzene rings is 2. The summed E-state index contributed by atoms with van der Waals surface area (Å²) < 4.78 is 0. The normalized spacial score (nSPS) is 17.0. The highest BCUT2D eigenvalue weighted by molar-refractivity contribution is 6.31. The Bertz CT molecular complexity index is 848. The summed E-state index contributed by atoms with van der Waals surface area (Å²) >= 11 is 6.16. The molecule has 0 radical (unpaired) electrons. The molecule has 1 heterocycles. The second-order valence-electron chi connectivity index (χ2n) is 6.60. The summed E-state index contributed by atoms with van der Waals surface area (Å²) in [4.78, 5) is 26.7. The number of rotatable bonds is 3. The third-order valence-electron chi connectivity index (χ3n) is 4.68. The minimum atomic E-state index is -0.370. The first-order valence-electron chi connectivity index (χ1n) is 8.30. The summed E-state index contributed by atoms with van der Waals surface area (Å²) in [5.41, 5.74) is 4.52. The molecule has 130 valence electrons. The highest BCUT2D eigenvalue weighted by Gasteiger charge is 2.36. The minimum Gasteiger partial charge on any atom is -0.326 e. The molecule has 1 unspecified atom stereocenters. The highest BCUT2D eigenvalue weighted by atomic mass is 35.5. The number of carbonyl (C=O) groups excluding carboxylic acids is 2. The number of halogens is 1. The molecule has 5 heteroatoms. The van der Waals surface area contributed by atoms with Gasteiger partial charge in [0.15, 0.2) is 0 Å². The molecule has 1 saturated heterocycles. The van der Waals surface area contributed by atoms with Crippen molar-refractivity contribution in [3.05, 3.63) is 58.1 Å². The van der Waals surface area contributed by atoms with E-state index in [1.165, 1.54) is 0 Å². The molecule has 1 aliphatic heterocycles. The summed E-state index contributed by atoms with van der Waals surface area (Å²) in [6.07, 6.45) is 0.211. The first-order valence-corrected chi connectivity index (χ1v) is 8.68. The summed E-state index contributed by atoms with van der Waals surface area (Å²) in [7, 11) is 0. The molecule has 2 aromatic carbocycles. The molecule has 0 aliphatic carbocycles. The zero-order valence-electron chi connectivity index (χ0n) is 14.6. The Hall–Kier alpha value is -2.33. The smallest absolute Gasteiger partial charge is 0.229 e. The Morgan fingerprint density at radius 1 is 1.20 bits per heavy atom. The highest BCUT2D eigenvalue weighted by Crippen LogP contribution is 2.32. The number of hydrogen-bond acceptors (Lipinski definition) is 2. The molecule has 2 aromatic rings. The van der Waals surface area contributed by atoms with Gasteiger partial charge in [0.2, 0.25) is 11.8 Å². The van der Waals surface area contributed by atoms with Crippen LogP contribution >= 0.6 is 11.6 Å². The first kappa shape index (κ1) is 17.5. The predicted molar refractivity (Wildman–Crippen MR) is 101 cm³/mol. The lowest BCUT2D eigenvalue weighted by molar-refractivity contribution is -0.122. The van der Waals surface area contributed by atoms with Crippen molar-refractivity contribution in [2.45, 2.75) is 27.2 Å². The summed E-state index contributed by atoms with van der Waals surface area (Å²) in [5.74, 6) is -0.540. The molecule has 0 saturated carbocycles. The monoisotopic (exact) mass is 356 g/mol. The molecule has 1 N–H and O–H groups in total. The van der Waals surface area contributed by atoms with E-state index in [1.54, 1.807) is 11.0 Å². The fourth-order valence-corrected chi connectivity index (χ4v) is 3.28. The second-order valence-corrected chi connectivity index (χ2v) is 7.00. The number of anilines is 2.